The van der Waals surface area contributed by atoms with Crippen LogP contribution in [0.1, 0.15) is 48.8 Å². The Labute approximate surface area is 217 Å². The summed E-state index contributed by atoms with van der Waals surface area (Å²) in [5.74, 6) is 2.03. The Morgan fingerprint density at radius 2 is 1.78 bits per heavy atom. The normalized spacial score (nSPS) is 15.5. The number of imidazole rings is 1. The Morgan fingerprint density at radius 3 is 2.46 bits per heavy atom. The Morgan fingerprint density at radius 1 is 1.05 bits per heavy atom. The van der Waals surface area contributed by atoms with Crippen molar-refractivity contribution in [3.05, 3.63) is 47.8 Å². The van der Waals surface area contributed by atoms with Crippen molar-refractivity contribution in [2.45, 2.75) is 51.6 Å². The number of nitrogens with one attached hydrogen (secondary N) is 1. The summed E-state index contributed by atoms with van der Waals surface area (Å²) < 4.78 is 18.1. The van der Waals surface area contributed by atoms with E-state index in [4.69, 9.17) is 19.2 Å². The van der Waals surface area contributed by atoms with Crippen molar-refractivity contribution in [3.63, 3.8) is 0 Å². The first-order valence-corrected chi connectivity index (χ1v) is 12.8. The first-order chi connectivity index (χ1) is 18.0. The average molecular weight is 509 g/mol. The summed E-state index contributed by atoms with van der Waals surface area (Å²) in [6.07, 6.45) is 4.58. The SMILES string of the molecule is COc1cc(C(=O)NCCCc2nc3ccccc3n2CC(=O)N2CCCCC2C)cc(OC)c1OC. The molecule has 0 saturated carbocycles. The van der Waals surface area contributed by atoms with Crippen LogP contribution < -0.4 is 19.5 Å². The van der Waals surface area contributed by atoms with Gasteiger partial charge in [0.1, 0.15) is 12.4 Å². The maximum absolute atomic E-state index is 13.2. The monoisotopic (exact) mass is 508 g/mol. The summed E-state index contributed by atoms with van der Waals surface area (Å²) in [5, 5.41) is 2.96. The van der Waals surface area contributed by atoms with Gasteiger partial charge in [0.25, 0.3) is 5.91 Å². The summed E-state index contributed by atoms with van der Waals surface area (Å²) in [7, 11) is 4.55. The van der Waals surface area contributed by atoms with Crippen molar-refractivity contribution in [2.24, 2.45) is 0 Å². The van der Waals surface area contributed by atoms with Gasteiger partial charge in [-0.25, -0.2) is 4.98 Å². The van der Waals surface area contributed by atoms with Crippen molar-refractivity contribution < 1.29 is 23.8 Å². The second kappa shape index (κ2) is 12.0. The number of hydrogen-bond donors (Lipinski definition) is 1. The third-order valence-electron chi connectivity index (χ3n) is 6.94. The molecule has 0 bridgehead atoms. The van der Waals surface area contributed by atoms with E-state index in [1.807, 2.05) is 33.7 Å². The van der Waals surface area contributed by atoms with Crippen LogP contribution in [-0.4, -0.2) is 66.7 Å². The number of carbonyl (C=O) groups is 2. The molecule has 1 aromatic heterocycles. The van der Waals surface area contributed by atoms with Crippen LogP contribution >= 0.6 is 0 Å². The maximum atomic E-state index is 13.2. The Balaban J connectivity index is 1.42. The molecule has 3 aromatic rings. The van der Waals surface area contributed by atoms with E-state index < -0.39 is 0 Å². The Kier molecular flexibility index (Phi) is 8.53. The van der Waals surface area contributed by atoms with Crippen LogP contribution in [0.15, 0.2) is 36.4 Å². The summed E-state index contributed by atoms with van der Waals surface area (Å²) in [6, 6.07) is 11.4. The second-order valence-corrected chi connectivity index (χ2v) is 9.31. The Hall–Kier alpha value is -3.75. The number of methoxy groups -OCH3 is 3. The van der Waals surface area contributed by atoms with Crippen LogP contribution in [0.2, 0.25) is 0 Å². The number of nitrogens with zero attached hydrogens (tertiary/aromatic N) is 3. The van der Waals surface area contributed by atoms with Gasteiger partial charge in [-0.3, -0.25) is 9.59 Å². The van der Waals surface area contributed by atoms with Crippen molar-refractivity contribution in [1.29, 1.82) is 0 Å². The molecule has 1 N–H and O–H groups in total. The van der Waals surface area contributed by atoms with Crippen LogP contribution in [-0.2, 0) is 17.8 Å². The fourth-order valence-electron chi connectivity index (χ4n) is 4.95. The van der Waals surface area contributed by atoms with Crippen LogP contribution in [0, 0.1) is 0 Å². The number of carbonyl (C=O) groups excluding carboxylic acids is 2. The first kappa shape index (κ1) is 26.3. The van der Waals surface area contributed by atoms with Gasteiger partial charge >= 0.3 is 0 Å². The van der Waals surface area contributed by atoms with Gasteiger partial charge in [-0.15, -0.1) is 0 Å². The molecule has 37 heavy (non-hydrogen) atoms. The van der Waals surface area contributed by atoms with Crippen LogP contribution in [0.25, 0.3) is 11.0 Å². The van der Waals surface area contributed by atoms with Crippen molar-refractivity contribution in [1.82, 2.24) is 19.8 Å². The minimum atomic E-state index is -0.234. The fourth-order valence-corrected chi connectivity index (χ4v) is 4.95. The van der Waals surface area contributed by atoms with E-state index in [0.29, 0.717) is 42.2 Å². The lowest BCUT2D eigenvalue weighted by Gasteiger charge is -2.33. The number of fused-ring (bicyclic) bond motifs is 1. The molecule has 2 aromatic carbocycles. The summed E-state index contributed by atoms with van der Waals surface area (Å²) in [5.41, 5.74) is 2.25. The van der Waals surface area contributed by atoms with Crippen molar-refractivity contribution >= 4 is 22.8 Å². The van der Waals surface area contributed by atoms with E-state index in [1.165, 1.54) is 27.8 Å². The van der Waals surface area contributed by atoms with E-state index in [1.54, 1.807) is 12.1 Å². The topological polar surface area (TPSA) is 94.9 Å². The molecule has 1 saturated heterocycles. The van der Waals surface area contributed by atoms with E-state index in [9.17, 15) is 9.59 Å². The molecule has 0 aliphatic carbocycles. The molecule has 0 radical (unpaired) electrons. The lowest BCUT2D eigenvalue weighted by atomic mass is 10.0. The van der Waals surface area contributed by atoms with Crippen LogP contribution in [0.4, 0.5) is 0 Å². The van der Waals surface area contributed by atoms with E-state index in [-0.39, 0.29) is 24.4 Å². The molecule has 1 aliphatic rings. The molecule has 9 heteroatoms. The van der Waals surface area contributed by atoms with Crippen molar-refractivity contribution in [2.75, 3.05) is 34.4 Å². The van der Waals surface area contributed by atoms with Gasteiger partial charge in [0.15, 0.2) is 11.5 Å². The van der Waals surface area contributed by atoms with Gasteiger partial charge in [0.05, 0.1) is 32.4 Å². The zero-order chi connectivity index (χ0) is 26.4. The third-order valence-corrected chi connectivity index (χ3v) is 6.94. The Bertz CT molecular complexity index is 1230. The molecule has 1 fully saturated rings. The van der Waals surface area contributed by atoms with Gasteiger partial charge in [0.2, 0.25) is 11.7 Å². The number of rotatable bonds is 10. The van der Waals surface area contributed by atoms with Gasteiger partial charge in [0, 0.05) is 31.1 Å². The number of para-hydroxylation sites is 2. The molecular formula is C28H36N4O5. The molecule has 2 amide bonds. The van der Waals surface area contributed by atoms with Gasteiger partial charge in [-0.2, -0.15) is 0 Å². The first-order valence-electron chi connectivity index (χ1n) is 12.8. The summed E-state index contributed by atoms with van der Waals surface area (Å²) in [4.78, 5) is 32.8. The van der Waals surface area contributed by atoms with Crippen molar-refractivity contribution in [3.8, 4) is 17.2 Å². The third kappa shape index (κ3) is 5.81. The second-order valence-electron chi connectivity index (χ2n) is 9.31. The van der Waals surface area contributed by atoms with Crippen LogP contribution in [0.3, 0.4) is 0 Å². The van der Waals surface area contributed by atoms with Gasteiger partial charge in [-0.05, 0) is 56.9 Å². The number of aryl methyl sites for hydroxylation is 1. The molecule has 2 heterocycles. The minimum Gasteiger partial charge on any atom is -0.493 e. The smallest absolute Gasteiger partial charge is 0.251 e. The molecule has 1 atom stereocenters. The number of aromatic nitrogens is 2. The molecule has 1 aliphatic heterocycles. The van der Waals surface area contributed by atoms with E-state index in [0.717, 1.165) is 36.2 Å². The number of amides is 2. The highest BCUT2D eigenvalue weighted by atomic mass is 16.5. The van der Waals surface area contributed by atoms with E-state index >= 15 is 0 Å². The minimum absolute atomic E-state index is 0.132. The largest absolute Gasteiger partial charge is 0.493 e. The molecule has 9 nitrogen and oxygen atoms in total. The summed E-state index contributed by atoms with van der Waals surface area (Å²) in [6.45, 7) is 3.67. The molecule has 1 unspecified atom stereocenters. The predicted octanol–water partition coefficient (Wildman–Crippen LogP) is 3.83. The highest BCUT2D eigenvalue weighted by Gasteiger charge is 2.24. The standard InChI is InChI=1S/C28H36N4O5/c1-19-10-7-8-15-31(19)26(33)18-32-22-12-6-5-11-21(22)30-25(32)13-9-14-29-28(34)20-16-23(35-2)27(37-4)24(17-20)36-3/h5-6,11-12,16-17,19H,7-10,13-15,18H2,1-4H3,(H,29,34). The average Bonchev–Trinajstić information content (AvgIpc) is 3.27. The highest BCUT2D eigenvalue weighted by molar-refractivity contribution is 5.95. The molecule has 4 rings (SSSR count). The number of piperidine rings is 1. The van der Waals surface area contributed by atoms with Gasteiger partial charge in [-0.1, -0.05) is 12.1 Å². The maximum Gasteiger partial charge on any atom is 0.251 e. The molecule has 0 spiro atoms. The fraction of sp³-hybridized carbons (Fsp3) is 0.464. The van der Waals surface area contributed by atoms with Crippen LogP contribution in [0.5, 0.6) is 17.2 Å². The summed E-state index contributed by atoms with van der Waals surface area (Å²) >= 11 is 0. The molecule has 198 valence electrons. The number of hydrogen-bond acceptors (Lipinski definition) is 6. The predicted molar refractivity (Wildman–Crippen MR) is 142 cm³/mol. The lowest BCUT2D eigenvalue weighted by Crippen LogP contribution is -2.43. The van der Waals surface area contributed by atoms with E-state index in [2.05, 4.69) is 12.2 Å². The number of benzene rings is 2. The highest BCUT2D eigenvalue weighted by Crippen LogP contribution is 2.38. The lowest BCUT2D eigenvalue weighted by molar-refractivity contribution is -0.135. The zero-order valence-electron chi connectivity index (χ0n) is 22.1. The quantitative estimate of drug-likeness (QED) is 0.419. The zero-order valence-corrected chi connectivity index (χ0v) is 22.1. The molecular weight excluding hydrogens is 472 g/mol. The number of ether oxygens (including phenoxy) is 3. The number of likely N-dealkylation sites (tertiary alicyclic amines) is 1. The van der Waals surface area contributed by atoms with Gasteiger partial charge < -0.3 is 29.0 Å².